The van der Waals surface area contributed by atoms with Crippen molar-refractivity contribution in [3.05, 3.63) is 35.6 Å². The number of rotatable bonds is 7. The third kappa shape index (κ3) is 3.82. The Balaban J connectivity index is 1.97. The van der Waals surface area contributed by atoms with Gasteiger partial charge in [-0.2, -0.15) is 0 Å². The van der Waals surface area contributed by atoms with E-state index in [2.05, 4.69) is 5.32 Å². The molecule has 1 aliphatic rings. The SMILES string of the molecule is O=C(O)COCCNC(=O)C1(c2ccc(F)cc2)CCCC1. The molecule has 0 saturated heterocycles. The van der Waals surface area contributed by atoms with Gasteiger partial charge < -0.3 is 15.2 Å². The molecule has 5 nitrogen and oxygen atoms in total. The standard InChI is InChI=1S/C16H20FNO4/c17-13-5-3-12(4-6-13)16(7-1-2-8-16)15(21)18-9-10-22-11-14(19)20/h3-6H,1-2,7-11H2,(H,18,21)(H,19,20). The smallest absolute Gasteiger partial charge is 0.329 e. The molecule has 1 fully saturated rings. The number of carbonyl (C=O) groups excluding carboxylic acids is 1. The highest BCUT2D eigenvalue weighted by Gasteiger charge is 2.42. The van der Waals surface area contributed by atoms with Crippen molar-refractivity contribution in [3.63, 3.8) is 0 Å². The van der Waals surface area contributed by atoms with Gasteiger partial charge in [0.25, 0.3) is 0 Å². The van der Waals surface area contributed by atoms with Crippen molar-refractivity contribution >= 4 is 11.9 Å². The number of carboxylic acid groups (broad SMARTS) is 1. The Hall–Kier alpha value is -1.95. The maximum Gasteiger partial charge on any atom is 0.329 e. The van der Waals surface area contributed by atoms with Crippen LogP contribution in [0, 0.1) is 5.82 Å². The largest absolute Gasteiger partial charge is 0.480 e. The molecule has 0 radical (unpaired) electrons. The van der Waals surface area contributed by atoms with Gasteiger partial charge in [0.05, 0.1) is 12.0 Å². The van der Waals surface area contributed by atoms with Crippen LogP contribution in [-0.4, -0.2) is 36.7 Å². The average molecular weight is 309 g/mol. The zero-order chi connectivity index (χ0) is 16.0. The second kappa shape index (κ2) is 7.35. The second-order valence-corrected chi connectivity index (χ2v) is 5.50. The topological polar surface area (TPSA) is 75.6 Å². The highest BCUT2D eigenvalue weighted by Crippen LogP contribution is 2.41. The molecule has 22 heavy (non-hydrogen) atoms. The monoisotopic (exact) mass is 309 g/mol. The maximum absolute atomic E-state index is 13.1. The van der Waals surface area contributed by atoms with Crippen molar-refractivity contribution in [3.8, 4) is 0 Å². The van der Waals surface area contributed by atoms with E-state index in [4.69, 9.17) is 9.84 Å². The molecule has 6 heteroatoms. The van der Waals surface area contributed by atoms with Crippen LogP contribution in [0.15, 0.2) is 24.3 Å². The first kappa shape index (κ1) is 16.4. The third-order valence-corrected chi connectivity index (χ3v) is 4.05. The predicted molar refractivity (Wildman–Crippen MR) is 78.0 cm³/mol. The van der Waals surface area contributed by atoms with Crippen LogP contribution in [-0.2, 0) is 19.7 Å². The van der Waals surface area contributed by atoms with Crippen LogP contribution in [0.1, 0.15) is 31.2 Å². The summed E-state index contributed by atoms with van der Waals surface area (Å²) in [6, 6.07) is 6.08. The molecular weight excluding hydrogens is 289 g/mol. The van der Waals surface area contributed by atoms with Gasteiger partial charge in [0.15, 0.2) is 0 Å². The Kier molecular flexibility index (Phi) is 5.49. The summed E-state index contributed by atoms with van der Waals surface area (Å²) in [6.07, 6.45) is 3.39. The van der Waals surface area contributed by atoms with E-state index in [0.717, 1.165) is 31.2 Å². The van der Waals surface area contributed by atoms with Crippen LogP contribution in [0.4, 0.5) is 4.39 Å². The zero-order valence-corrected chi connectivity index (χ0v) is 12.3. The van der Waals surface area contributed by atoms with Gasteiger partial charge in [-0.25, -0.2) is 9.18 Å². The minimum atomic E-state index is -1.04. The van der Waals surface area contributed by atoms with E-state index >= 15 is 0 Å². The number of benzene rings is 1. The summed E-state index contributed by atoms with van der Waals surface area (Å²) in [5.74, 6) is -1.46. The number of carboxylic acids is 1. The number of halogens is 1. The minimum Gasteiger partial charge on any atom is -0.480 e. The fraction of sp³-hybridized carbons (Fsp3) is 0.500. The Morgan fingerprint density at radius 3 is 2.45 bits per heavy atom. The molecule has 0 aliphatic heterocycles. The van der Waals surface area contributed by atoms with Crippen LogP contribution in [0.3, 0.4) is 0 Å². The molecule has 0 aromatic heterocycles. The predicted octanol–water partition coefficient (Wildman–Crippen LogP) is 1.85. The molecule has 1 aromatic rings. The Morgan fingerprint density at radius 1 is 1.23 bits per heavy atom. The summed E-state index contributed by atoms with van der Waals surface area (Å²) in [5, 5.41) is 11.3. The summed E-state index contributed by atoms with van der Waals surface area (Å²) < 4.78 is 18.0. The van der Waals surface area contributed by atoms with Crippen LogP contribution in [0.25, 0.3) is 0 Å². The minimum absolute atomic E-state index is 0.101. The zero-order valence-electron chi connectivity index (χ0n) is 12.3. The van der Waals surface area contributed by atoms with Crippen molar-refractivity contribution in [1.82, 2.24) is 5.32 Å². The van der Waals surface area contributed by atoms with Gasteiger partial charge in [-0.05, 0) is 30.5 Å². The molecule has 1 saturated carbocycles. The van der Waals surface area contributed by atoms with Gasteiger partial charge in [0.2, 0.25) is 5.91 Å². The molecule has 1 aromatic carbocycles. The van der Waals surface area contributed by atoms with Crippen molar-refractivity contribution in [1.29, 1.82) is 0 Å². The summed E-state index contributed by atoms with van der Waals surface area (Å²) in [4.78, 5) is 22.9. The van der Waals surface area contributed by atoms with Crippen molar-refractivity contribution in [2.75, 3.05) is 19.8 Å². The molecule has 0 bridgehead atoms. The van der Waals surface area contributed by atoms with Gasteiger partial charge in [-0.3, -0.25) is 4.79 Å². The first-order valence-corrected chi connectivity index (χ1v) is 7.38. The van der Waals surface area contributed by atoms with Crippen molar-refractivity contribution in [2.24, 2.45) is 0 Å². The first-order chi connectivity index (χ1) is 10.5. The number of hydrogen-bond donors (Lipinski definition) is 2. The summed E-state index contributed by atoms with van der Waals surface area (Å²) in [6.45, 7) is 0.0333. The highest BCUT2D eigenvalue weighted by molar-refractivity contribution is 5.88. The number of aliphatic carboxylic acids is 1. The molecule has 120 valence electrons. The van der Waals surface area contributed by atoms with E-state index in [1.165, 1.54) is 12.1 Å². The van der Waals surface area contributed by atoms with Crippen LogP contribution in [0.2, 0.25) is 0 Å². The molecule has 2 rings (SSSR count). The average Bonchev–Trinajstić information content (AvgIpc) is 2.98. The van der Waals surface area contributed by atoms with Crippen LogP contribution < -0.4 is 5.32 Å². The lowest BCUT2D eigenvalue weighted by molar-refractivity contribution is -0.142. The number of hydrogen-bond acceptors (Lipinski definition) is 3. The van der Waals surface area contributed by atoms with Crippen molar-refractivity contribution < 1.29 is 23.8 Å². The lowest BCUT2D eigenvalue weighted by atomic mass is 9.78. The normalized spacial score (nSPS) is 16.4. The van der Waals surface area contributed by atoms with E-state index < -0.39 is 11.4 Å². The molecule has 1 amide bonds. The van der Waals surface area contributed by atoms with Gasteiger partial charge in [-0.1, -0.05) is 25.0 Å². The maximum atomic E-state index is 13.1. The number of ether oxygens (including phenoxy) is 1. The Bertz CT molecular complexity index is 523. The van der Waals surface area contributed by atoms with Gasteiger partial charge in [-0.15, -0.1) is 0 Å². The summed E-state index contributed by atoms with van der Waals surface area (Å²) in [7, 11) is 0. The van der Waals surface area contributed by atoms with Crippen LogP contribution in [0.5, 0.6) is 0 Å². The quantitative estimate of drug-likeness (QED) is 0.754. The third-order valence-electron chi connectivity index (χ3n) is 4.05. The van der Waals surface area contributed by atoms with E-state index in [1.54, 1.807) is 12.1 Å². The lowest BCUT2D eigenvalue weighted by Gasteiger charge is -2.28. The molecule has 0 atom stereocenters. The lowest BCUT2D eigenvalue weighted by Crippen LogP contribution is -2.43. The highest BCUT2D eigenvalue weighted by atomic mass is 19.1. The number of amides is 1. The molecule has 0 heterocycles. The fourth-order valence-corrected chi connectivity index (χ4v) is 2.96. The van der Waals surface area contributed by atoms with Crippen molar-refractivity contribution in [2.45, 2.75) is 31.1 Å². The summed E-state index contributed by atoms with van der Waals surface area (Å²) in [5.41, 5.74) is 0.218. The van der Waals surface area contributed by atoms with Gasteiger partial charge in [0, 0.05) is 6.54 Å². The van der Waals surface area contributed by atoms with E-state index in [-0.39, 0.29) is 31.5 Å². The molecule has 2 N–H and O–H groups in total. The molecule has 0 spiro atoms. The van der Waals surface area contributed by atoms with E-state index in [0.29, 0.717) is 0 Å². The Labute approximate surface area is 128 Å². The number of nitrogens with one attached hydrogen (secondary N) is 1. The van der Waals surface area contributed by atoms with Gasteiger partial charge in [0.1, 0.15) is 12.4 Å². The Morgan fingerprint density at radius 2 is 1.86 bits per heavy atom. The number of carbonyl (C=O) groups is 2. The molecule has 1 aliphatic carbocycles. The summed E-state index contributed by atoms with van der Waals surface area (Å²) >= 11 is 0. The first-order valence-electron chi connectivity index (χ1n) is 7.38. The van der Waals surface area contributed by atoms with Crippen LogP contribution >= 0.6 is 0 Å². The van der Waals surface area contributed by atoms with Gasteiger partial charge >= 0.3 is 5.97 Å². The fourth-order valence-electron chi connectivity index (χ4n) is 2.96. The van der Waals surface area contributed by atoms with E-state index in [9.17, 15) is 14.0 Å². The molecule has 0 unspecified atom stereocenters. The van der Waals surface area contributed by atoms with E-state index in [1.807, 2.05) is 0 Å². The molecular formula is C16H20FNO4. The second-order valence-electron chi connectivity index (χ2n) is 5.50.